The van der Waals surface area contributed by atoms with E-state index in [2.05, 4.69) is 53.5 Å². The molecular formula is C26H32N2O2. The molecule has 2 aliphatic rings. The standard InChI is InChI=1S/C26H32N2O2/c1-19(16-20-6-4-3-5-7-20)24-17-25(24)27-23-12-14-28(15-13-23)18-21-8-10-22(11-9-21)26(29)30-2/h3-11,16,23-25,27H,12-15,17-18H2,1-2H3. The van der Waals surface area contributed by atoms with E-state index in [1.807, 2.05) is 24.3 Å². The zero-order valence-corrected chi connectivity index (χ0v) is 18.0. The van der Waals surface area contributed by atoms with Crippen LogP contribution in [0.1, 0.15) is 47.7 Å². The zero-order valence-electron chi connectivity index (χ0n) is 18.0. The molecule has 0 spiro atoms. The molecular weight excluding hydrogens is 372 g/mol. The summed E-state index contributed by atoms with van der Waals surface area (Å²) in [6, 6.07) is 19.7. The van der Waals surface area contributed by atoms with Gasteiger partial charge in [-0.05, 0) is 68.5 Å². The summed E-state index contributed by atoms with van der Waals surface area (Å²) >= 11 is 0. The molecule has 1 saturated heterocycles. The van der Waals surface area contributed by atoms with Gasteiger partial charge in [-0.1, -0.05) is 54.1 Å². The molecule has 2 aromatic carbocycles. The van der Waals surface area contributed by atoms with Crippen LogP contribution in [0.15, 0.2) is 60.2 Å². The summed E-state index contributed by atoms with van der Waals surface area (Å²) in [6.07, 6.45) is 6.00. The minimum atomic E-state index is -0.277. The highest BCUT2D eigenvalue weighted by Crippen LogP contribution is 2.38. The highest BCUT2D eigenvalue weighted by Gasteiger charge is 2.39. The van der Waals surface area contributed by atoms with Crippen LogP contribution in [-0.2, 0) is 11.3 Å². The number of hydrogen-bond acceptors (Lipinski definition) is 4. The number of nitrogens with one attached hydrogen (secondary N) is 1. The maximum Gasteiger partial charge on any atom is 0.337 e. The van der Waals surface area contributed by atoms with E-state index in [-0.39, 0.29) is 5.97 Å². The van der Waals surface area contributed by atoms with E-state index in [1.165, 1.54) is 43.1 Å². The topological polar surface area (TPSA) is 41.6 Å². The molecule has 1 aliphatic carbocycles. The predicted molar refractivity (Wildman–Crippen MR) is 121 cm³/mol. The number of likely N-dealkylation sites (tertiary alicyclic amines) is 1. The average Bonchev–Trinajstić information content (AvgIpc) is 3.55. The van der Waals surface area contributed by atoms with Crippen molar-refractivity contribution in [3.8, 4) is 0 Å². The second-order valence-corrected chi connectivity index (χ2v) is 8.65. The summed E-state index contributed by atoms with van der Waals surface area (Å²) in [5.41, 5.74) is 4.65. The number of ether oxygens (including phenoxy) is 1. The van der Waals surface area contributed by atoms with Gasteiger partial charge >= 0.3 is 5.97 Å². The van der Waals surface area contributed by atoms with Gasteiger partial charge in [0.25, 0.3) is 0 Å². The Bertz CT molecular complexity index is 868. The number of nitrogens with zero attached hydrogens (tertiary/aromatic N) is 1. The Kier molecular flexibility index (Phi) is 6.66. The van der Waals surface area contributed by atoms with Gasteiger partial charge in [0, 0.05) is 18.6 Å². The van der Waals surface area contributed by atoms with Crippen molar-refractivity contribution in [2.45, 2.75) is 44.8 Å². The average molecular weight is 405 g/mol. The van der Waals surface area contributed by atoms with Gasteiger partial charge in [-0.2, -0.15) is 0 Å². The lowest BCUT2D eigenvalue weighted by molar-refractivity contribution is 0.0600. The molecule has 1 heterocycles. The van der Waals surface area contributed by atoms with E-state index in [0.29, 0.717) is 23.6 Å². The van der Waals surface area contributed by atoms with Crippen LogP contribution >= 0.6 is 0 Å². The number of carbonyl (C=O) groups is 1. The number of benzene rings is 2. The van der Waals surface area contributed by atoms with Crippen molar-refractivity contribution in [1.29, 1.82) is 0 Å². The Balaban J connectivity index is 1.20. The Morgan fingerprint density at radius 3 is 2.47 bits per heavy atom. The molecule has 2 atom stereocenters. The number of rotatable bonds is 7. The Hall–Kier alpha value is -2.43. The van der Waals surface area contributed by atoms with E-state index >= 15 is 0 Å². The molecule has 0 radical (unpaired) electrons. The lowest BCUT2D eigenvalue weighted by atomic mass is 10.0. The molecule has 158 valence electrons. The van der Waals surface area contributed by atoms with E-state index in [9.17, 15) is 4.79 Å². The van der Waals surface area contributed by atoms with Crippen LogP contribution in [-0.4, -0.2) is 43.2 Å². The Morgan fingerprint density at radius 1 is 1.10 bits per heavy atom. The van der Waals surface area contributed by atoms with Crippen molar-refractivity contribution in [2.24, 2.45) is 5.92 Å². The van der Waals surface area contributed by atoms with Crippen molar-refractivity contribution >= 4 is 12.0 Å². The minimum Gasteiger partial charge on any atom is -0.465 e. The first-order valence-corrected chi connectivity index (χ1v) is 11.0. The molecule has 2 aromatic rings. The number of piperidine rings is 1. The van der Waals surface area contributed by atoms with Gasteiger partial charge in [-0.15, -0.1) is 0 Å². The largest absolute Gasteiger partial charge is 0.465 e. The van der Waals surface area contributed by atoms with Crippen LogP contribution in [0, 0.1) is 5.92 Å². The van der Waals surface area contributed by atoms with Gasteiger partial charge < -0.3 is 10.1 Å². The second kappa shape index (κ2) is 9.59. The van der Waals surface area contributed by atoms with Crippen molar-refractivity contribution in [2.75, 3.05) is 20.2 Å². The first-order chi connectivity index (χ1) is 14.6. The Labute approximate surface area is 179 Å². The van der Waals surface area contributed by atoms with Crippen molar-refractivity contribution < 1.29 is 9.53 Å². The third-order valence-electron chi connectivity index (χ3n) is 6.39. The van der Waals surface area contributed by atoms with Gasteiger partial charge in [-0.25, -0.2) is 4.79 Å². The van der Waals surface area contributed by atoms with E-state index in [0.717, 1.165) is 19.6 Å². The molecule has 1 aliphatic heterocycles. The smallest absolute Gasteiger partial charge is 0.337 e. The fraction of sp³-hybridized carbons (Fsp3) is 0.423. The van der Waals surface area contributed by atoms with Gasteiger partial charge in [0.1, 0.15) is 0 Å². The number of esters is 1. The first-order valence-electron chi connectivity index (χ1n) is 11.0. The summed E-state index contributed by atoms with van der Waals surface area (Å²) in [4.78, 5) is 14.1. The van der Waals surface area contributed by atoms with Crippen LogP contribution in [0.2, 0.25) is 0 Å². The highest BCUT2D eigenvalue weighted by atomic mass is 16.5. The summed E-state index contributed by atoms with van der Waals surface area (Å²) < 4.78 is 4.77. The van der Waals surface area contributed by atoms with Crippen LogP contribution in [0.25, 0.3) is 6.08 Å². The van der Waals surface area contributed by atoms with Gasteiger partial charge in [-0.3, -0.25) is 4.90 Å². The monoisotopic (exact) mass is 404 g/mol. The molecule has 2 unspecified atom stereocenters. The van der Waals surface area contributed by atoms with Crippen molar-refractivity contribution in [1.82, 2.24) is 10.2 Å². The molecule has 4 rings (SSSR count). The third-order valence-corrected chi connectivity index (χ3v) is 6.39. The van der Waals surface area contributed by atoms with Crippen LogP contribution in [0.3, 0.4) is 0 Å². The van der Waals surface area contributed by atoms with E-state index in [1.54, 1.807) is 0 Å². The normalized spacial score (nSPS) is 22.7. The number of carbonyl (C=O) groups excluding carboxylic acids is 1. The van der Waals surface area contributed by atoms with Crippen LogP contribution in [0.4, 0.5) is 0 Å². The third kappa shape index (κ3) is 5.38. The van der Waals surface area contributed by atoms with Crippen molar-refractivity contribution in [3.63, 3.8) is 0 Å². The molecule has 2 fully saturated rings. The quantitative estimate of drug-likeness (QED) is 0.689. The Morgan fingerprint density at radius 2 is 1.80 bits per heavy atom. The molecule has 0 amide bonds. The predicted octanol–water partition coefficient (Wildman–Crippen LogP) is 4.52. The second-order valence-electron chi connectivity index (χ2n) is 8.65. The number of hydrogen-bond donors (Lipinski definition) is 1. The van der Waals surface area contributed by atoms with E-state index < -0.39 is 0 Å². The molecule has 4 heteroatoms. The summed E-state index contributed by atoms with van der Waals surface area (Å²) in [6.45, 7) is 5.45. The maximum absolute atomic E-state index is 11.6. The van der Waals surface area contributed by atoms with Gasteiger partial charge in [0.2, 0.25) is 0 Å². The fourth-order valence-electron chi connectivity index (χ4n) is 4.48. The lowest BCUT2D eigenvalue weighted by Crippen LogP contribution is -2.43. The van der Waals surface area contributed by atoms with Gasteiger partial charge in [0.15, 0.2) is 0 Å². The first kappa shape index (κ1) is 20.8. The van der Waals surface area contributed by atoms with Gasteiger partial charge in [0.05, 0.1) is 12.7 Å². The summed E-state index contributed by atoms with van der Waals surface area (Å²) in [5.74, 6) is 0.414. The maximum atomic E-state index is 11.6. The molecule has 0 bridgehead atoms. The zero-order chi connectivity index (χ0) is 20.9. The summed E-state index contributed by atoms with van der Waals surface area (Å²) in [7, 11) is 1.42. The molecule has 30 heavy (non-hydrogen) atoms. The molecule has 0 aromatic heterocycles. The lowest BCUT2D eigenvalue weighted by Gasteiger charge is -2.32. The highest BCUT2D eigenvalue weighted by molar-refractivity contribution is 5.89. The summed E-state index contributed by atoms with van der Waals surface area (Å²) in [5, 5.41) is 3.90. The molecule has 1 N–H and O–H groups in total. The molecule has 1 saturated carbocycles. The van der Waals surface area contributed by atoms with Crippen molar-refractivity contribution in [3.05, 3.63) is 76.9 Å². The van der Waals surface area contributed by atoms with E-state index in [4.69, 9.17) is 4.74 Å². The van der Waals surface area contributed by atoms with Crippen LogP contribution < -0.4 is 5.32 Å². The molecule has 4 nitrogen and oxygen atoms in total. The minimum absolute atomic E-state index is 0.277. The SMILES string of the molecule is COC(=O)c1ccc(CN2CCC(NC3CC3C(C)=Cc3ccccc3)CC2)cc1. The van der Waals surface area contributed by atoms with Crippen LogP contribution in [0.5, 0.6) is 0 Å². The fourth-order valence-corrected chi connectivity index (χ4v) is 4.48. The number of methoxy groups -OCH3 is 1.